The van der Waals surface area contributed by atoms with Crippen molar-refractivity contribution in [3.63, 3.8) is 0 Å². The van der Waals surface area contributed by atoms with Crippen LogP contribution in [0.25, 0.3) is 0 Å². The first-order valence-corrected chi connectivity index (χ1v) is 4.60. The van der Waals surface area contributed by atoms with E-state index in [1.54, 1.807) is 0 Å². The maximum atomic E-state index is 11.6. The van der Waals surface area contributed by atoms with Gasteiger partial charge in [-0.1, -0.05) is 0 Å². The van der Waals surface area contributed by atoms with Crippen LogP contribution >= 0.6 is 0 Å². The molecule has 0 saturated carbocycles. The zero-order chi connectivity index (χ0) is 12.8. The molecule has 0 aliphatic heterocycles. The molecule has 1 aromatic rings. The summed E-state index contributed by atoms with van der Waals surface area (Å²) in [7, 11) is 2.75. The highest BCUT2D eigenvalue weighted by molar-refractivity contribution is 5.96. The number of amides is 2. The summed E-state index contributed by atoms with van der Waals surface area (Å²) in [6.07, 6.45) is 1.24. The number of methoxy groups -OCH3 is 2. The van der Waals surface area contributed by atoms with Crippen LogP contribution in [0.1, 0.15) is 17.3 Å². The van der Waals surface area contributed by atoms with Crippen molar-refractivity contribution in [1.82, 2.24) is 20.8 Å². The van der Waals surface area contributed by atoms with E-state index in [1.165, 1.54) is 27.3 Å². The highest BCUT2D eigenvalue weighted by atomic mass is 16.5. The quantitative estimate of drug-likeness (QED) is 0.675. The van der Waals surface area contributed by atoms with Gasteiger partial charge < -0.3 is 9.47 Å². The van der Waals surface area contributed by atoms with Gasteiger partial charge in [-0.2, -0.15) is 4.98 Å². The van der Waals surface area contributed by atoms with Gasteiger partial charge in [-0.25, -0.2) is 4.98 Å². The number of carbonyl (C=O) groups excluding carboxylic acids is 2. The molecule has 1 aromatic heterocycles. The Hall–Kier alpha value is -2.38. The molecule has 8 nitrogen and oxygen atoms in total. The number of hydrogen-bond donors (Lipinski definition) is 2. The zero-order valence-electron chi connectivity index (χ0n) is 9.60. The molecule has 0 aromatic carbocycles. The first kappa shape index (κ1) is 12.7. The van der Waals surface area contributed by atoms with Crippen LogP contribution in [0, 0.1) is 0 Å². The van der Waals surface area contributed by atoms with Gasteiger partial charge in [0.15, 0.2) is 0 Å². The van der Waals surface area contributed by atoms with Crippen LogP contribution < -0.4 is 20.3 Å². The lowest BCUT2D eigenvalue weighted by molar-refractivity contribution is -0.119. The van der Waals surface area contributed by atoms with Crippen molar-refractivity contribution in [3.05, 3.63) is 11.8 Å². The minimum Gasteiger partial charge on any atom is -0.480 e. The number of nitrogens with one attached hydrogen (secondary N) is 2. The fourth-order valence-electron chi connectivity index (χ4n) is 0.973. The van der Waals surface area contributed by atoms with Crippen LogP contribution in [0.15, 0.2) is 6.20 Å². The largest absolute Gasteiger partial charge is 0.480 e. The lowest BCUT2D eigenvalue weighted by atomic mass is 10.3. The van der Waals surface area contributed by atoms with Crippen molar-refractivity contribution >= 4 is 11.8 Å². The number of hydrogen-bond acceptors (Lipinski definition) is 6. The van der Waals surface area contributed by atoms with Crippen LogP contribution in [0.4, 0.5) is 0 Å². The van der Waals surface area contributed by atoms with E-state index < -0.39 is 11.8 Å². The second-order valence-electron chi connectivity index (χ2n) is 2.91. The fourth-order valence-corrected chi connectivity index (χ4v) is 0.973. The smallest absolute Gasteiger partial charge is 0.319 e. The topological polar surface area (TPSA) is 102 Å². The van der Waals surface area contributed by atoms with E-state index in [9.17, 15) is 9.59 Å². The molecule has 8 heteroatoms. The van der Waals surface area contributed by atoms with Gasteiger partial charge in [-0.15, -0.1) is 0 Å². The molecule has 2 N–H and O–H groups in total. The van der Waals surface area contributed by atoms with Crippen molar-refractivity contribution in [2.75, 3.05) is 14.2 Å². The van der Waals surface area contributed by atoms with E-state index in [0.717, 1.165) is 0 Å². The van der Waals surface area contributed by atoms with Gasteiger partial charge in [-0.05, 0) is 0 Å². The molecule has 17 heavy (non-hydrogen) atoms. The molecule has 0 aliphatic rings. The molecule has 1 heterocycles. The van der Waals surface area contributed by atoms with Gasteiger partial charge in [0.25, 0.3) is 5.91 Å². The van der Waals surface area contributed by atoms with Crippen LogP contribution in [-0.4, -0.2) is 36.0 Å². The SMILES string of the molecule is COc1ncc(C(=O)NNC(C)=O)c(OC)n1. The maximum Gasteiger partial charge on any atom is 0.319 e. The van der Waals surface area contributed by atoms with Gasteiger partial charge in [-0.3, -0.25) is 20.4 Å². The average Bonchev–Trinajstić information content (AvgIpc) is 2.34. The second-order valence-corrected chi connectivity index (χ2v) is 2.91. The van der Waals surface area contributed by atoms with E-state index in [2.05, 4.69) is 20.8 Å². The first-order valence-electron chi connectivity index (χ1n) is 4.60. The van der Waals surface area contributed by atoms with Gasteiger partial charge in [0.05, 0.1) is 20.4 Å². The molecular weight excluding hydrogens is 228 g/mol. The molecular formula is C9H12N4O4. The Labute approximate surface area is 97.3 Å². The predicted molar refractivity (Wildman–Crippen MR) is 56.4 cm³/mol. The molecule has 0 bridgehead atoms. The molecule has 1 rings (SSSR count). The molecule has 0 unspecified atom stereocenters. The zero-order valence-corrected chi connectivity index (χ0v) is 9.60. The van der Waals surface area contributed by atoms with Crippen molar-refractivity contribution in [2.45, 2.75) is 6.92 Å². The monoisotopic (exact) mass is 240 g/mol. The summed E-state index contributed by atoms with van der Waals surface area (Å²) >= 11 is 0. The Kier molecular flexibility index (Phi) is 4.21. The molecule has 0 spiro atoms. The van der Waals surface area contributed by atoms with Crippen molar-refractivity contribution in [3.8, 4) is 11.9 Å². The molecule has 2 amide bonds. The summed E-state index contributed by atoms with van der Waals surface area (Å²) in [5.41, 5.74) is 4.40. The third kappa shape index (κ3) is 3.30. The van der Waals surface area contributed by atoms with E-state index in [-0.39, 0.29) is 17.5 Å². The van der Waals surface area contributed by atoms with E-state index in [0.29, 0.717) is 0 Å². The summed E-state index contributed by atoms with van der Waals surface area (Å²) in [6.45, 7) is 1.27. The fraction of sp³-hybridized carbons (Fsp3) is 0.333. The second kappa shape index (κ2) is 5.64. The van der Waals surface area contributed by atoms with E-state index in [1.807, 2.05) is 0 Å². The van der Waals surface area contributed by atoms with Gasteiger partial charge in [0, 0.05) is 6.92 Å². The lowest BCUT2D eigenvalue weighted by Gasteiger charge is -2.08. The minimum atomic E-state index is -0.584. The molecule has 0 fully saturated rings. The van der Waals surface area contributed by atoms with E-state index >= 15 is 0 Å². The molecule has 92 valence electrons. The molecule has 0 radical (unpaired) electrons. The van der Waals surface area contributed by atoms with E-state index in [4.69, 9.17) is 9.47 Å². The Morgan fingerprint density at radius 2 is 1.94 bits per heavy atom. The highest BCUT2D eigenvalue weighted by Gasteiger charge is 2.15. The summed E-state index contributed by atoms with van der Waals surface area (Å²) < 4.78 is 9.70. The number of rotatable bonds is 3. The van der Waals surface area contributed by atoms with Gasteiger partial charge in [0.2, 0.25) is 11.8 Å². The third-order valence-corrected chi connectivity index (χ3v) is 1.70. The summed E-state index contributed by atoms with van der Waals surface area (Å²) in [4.78, 5) is 29.8. The van der Waals surface area contributed by atoms with Crippen LogP contribution in [0.5, 0.6) is 11.9 Å². The Morgan fingerprint density at radius 3 is 2.47 bits per heavy atom. The van der Waals surface area contributed by atoms with Crippen LogP contribution in [0.2, 0.25) is 0 Å². The number of ether oxygens (including phenoxy) is 2. The number of hydrazine groups is 1. The van der Waals surface area contributed by atoms with Crippen molar-refractivity contribution < 1.29 is 19.1 Å². The predicted octanol–water partition coefficient (Wildman–Crippen LogP) is -0.725. The summed E-state index contributed by atoms with van der Waals surface area (Å²) in [6, 6.07) is 0.0814. The average molecular weight is 240 g/mol. The van der Waals surface area contributed by atoms with Crippen LogP contribution in [-0.2, 0) is 4.79 Å². The van der Waals surface area contributed by atoms with Gasteiger partial charge >= 0.3 is 6.01 Å². The first-order chi connectivity index (χ1) is 8.08. The Balaban J connectivity index is 2.89. The van der Waals surface area contributed by atoms with Gasteiger partial charge in [0.1, 0.15) is 5.56 Å². The summed E-state index contributed by atoms with van der Waals surface area (Å²) in [5.74, 6) is -0.925. The molecule has 0 atom stereocenters. The highest BCUT2D eigenvalue weighted by Crippen LogP contribution is 2.16. The standard InChI is InChI=1S/C9H12N4O4/c1-5(14)12-13-7(15)6-4-10-9(17-3)11-8(6)16-2/h4H,1-3H3,(H,12,14)(H,13,15). The summed E-state index contributed by atoms with van der Waals surface area (Å²) in [5, 5.41) is 0. The van der Waals surface area contributed by atoms with Crippen LogP contribution in [0.3, 0.4) is 0 Å². The lowest BCUT2D eigenvalue weighted by Crippen LogP contribution is -2.40. The maximum absolute atomic E-state index is 11.6. The number of aromatic nitrogens is 2. The van der Waals surface area contributed by atoms with Crippen molar-refractivity contribution in [2.24, 2.45) is 0 Å². The number of carbonyl (C=O) groups is 2. The Morgan fingerprint density at radius 1 is 1.24 bits per heavy atom. The normalized spacial score (nSPS) is 9.35. The van der Waals surface area contributed by atoms with Crippen molar-refractivity contribution in [1.29, 1.82) is 0 Å². The minimum absolute atomic E-state index is 0.0553. The molecule has 0 aliphatic carbocycles. The third-order valence-electron chi connectivity index (χ3n) is 1.70. The Bertz CT molecular complexity index is 435. The number of nitrogens with zero attached hydrogens (tertiary/aromatic N) is 2. The molecule has 0 saturated heterocycles.